The van der Waals surface area contributed by atoms with Crippen LogP contribution in [0, 0.1) is 5.92 Å². The van der Waals surface area contributed by atoms with E-state index in [4.69, 9.17) is 4.74 Å². The minimum Gasteiger partial charge on any atom is -0.431 e. The Morgan fingerprint density at radius 1 is 1.38 bits per heavy atom. The van der Waals surface area contributed by atoms with E-state index in [1.165, 1.54) is 19.3 Å². The molecule has 1 aliphatic heterocycles. The van der Waals surface area contributed by atoms with Gasteiger partial charge in [-0.1, -0.05) is 32.6 Å². The molecule has 1 atom stereocenters. The molecule has 0 aromatic rings. The summed E-state index contributed by atoms with van der Waals surface area (Å²) in [6.45, 7) is 4.03. The summed E-state index contributed by atoms with van der Waals surface area (Å²) in [5.41, 5.74) is 0. The van der Waals surface area contributed by atoms with E-state index in [-0.39, 0.29) is 11.9 Å². The Morgan fingerprint density at radius 2 is 2.15 bits per heavy atom. The lowest BCUT2D eigenvalue weighted by atomic mass is 10.0. The number of unbranched alkanes of at least 4 members (excludes halogenated alkanes) is 3. The molecule has 0 unspecified atom stereocenters. The van der Waals surface area contributed by atoms with Crippen molar-refractivity contribution in [3.8, 4) is 0 Å². The fourth-order valence-electron chi connectivity index (χ4n) is 1.61. The van der Waals surface area contributed by atoms with Crippen LogP contribution in [0.25, 0.3) is 0 Å². The molecule has 0 amide bonds. The van der Waals surface area contributed by atoms with Crippen molar-refractivity contribution in [3.63, 3.8) is 0 Å². The molecule has 1 aliphatic rings. The topological polar surface area (TPSA) is 26.3 Å². The lowest BCUT2D eigenvalue weighted by Gasteiger charge is -2.03. The van der Waals surface area contributed by atoms with Crippen molar-refractivity contribution in [1.82, 2.24) is 0 Å². The normalized spacial score (nSPS) is 21.5. The van der Waals surface area contributed by atoms with Crippen LogP contribution >= 0.6 is 0 Å². The molecule has 2 heteroatoms. The van der Waals surface area contributed by atoms with Gasteiger partial charge in [-0.25, -0.2) is 0 Å². The molecule has 74 valence electrons. The van der Waals surface area contributed by atoms with Crippen molar-refractivity contribution >= 4 is 5.97 Å². The number of carbonyl (C=O) groups is 1. The van der Waals surface area contributed by atoms with Gasteiger partial charge in [-0.3, -0.25) is 4.79 Å². The van der Waals surface area contributed by atoms with Gasteiger partial charge in [-0.2, -0.15) is 0 Å². The van der Waals surface area contributed by atoms with E-state index in [0.29, 0.717) is 0 Å². The Morgan fingerprint density at radius 3 is 2.69 bits per heavy atom. The highest BCUT2D eigenvalue weighted by atomic mass is 16.5. The molecule has 2 nitrogen and oxygen atoms in total. The molecule has 1 rings (SSSR count). The van der Waals surface area contributed by atoms with Gasteiger partial charge in [0.25, 0.3) is 0 Å². The molecule has 0 saturated heterocycles. The van der Waals surface area contributed by atoms with Crippen molar-refractivity contribution in [2.24, 2.45) is 5.92 Å². The highest BCUT2D eigenvalue weighted by Gasteiger charge is 2.23. The first-order valence-corrected chi connectivity index (χ1v) is 5.14. The molecular weight excluding hydrogens is 164 g/mol. The van der Waals surface area contributed by atoms with E-state index in [0.717, 1.165) is 18.6 Å². The summed E-state index contributed by atoms with van der Waals surface area (Å²) in [7, 11) is 0. The number of cyclic esters (lactones) is 1. The van der Waals surface area contributed by atoms with Crippen molar-refractivity contribution < 1.29 is 9.53 Å². The smallest absolute Gasteiger partial charge is 0.317 e. The maximum Gasteiger partial charge on any atom is 0.317 e. The average molecular weight is 182 g/mol. The Balaban J connectivity index is 2.18. The molecule has 1 heterocycles. The second-order valence-electron chi connectivity index (χ2n) is 3.65. The fourth-order valence-corrected chi connectivity index (χ4v) is 1.61. The highest BCUT2D eigenvalue weighted by Crippen LogP contribution is 2.22. The van der Waals surface area contributed by atoms with Crippen molar-refractivity contribution in [3.05, 3.63) is 11.8 Å². The van der Waals surface area contributed by atoms with E-state index in [2.05, 4.69) is 6.92 Å². The van der Waals surface area contributed by atoms with Gasteiger partial charge in [0.1, 0.15) is 5.76 Å². The molecule has 0 fully saturated rings. The van der Waals surface area contributed by atoms with Gasteiger partial charge in [0, 0.05) is 0 Å². The van der Waals surface area contributed by atoms with Crippen LogP contribution in [0.3, 0.4) is 0 Å². The summed E-state index contributed by atoms with van der Waals surface area (Å²) in [5, 5.41) is 0. The Labute approximate surface area is 80.0 Å². The second-order valence-corrected chi connectivity index (χ2v) is 3.65. The Bertz CT molecular complexity index is 206. The molecule has 0 radical (unpaired) electrons. The maximum absolute atomic E-state index is 11.2. The van der Waals surface area contributed by atoms with Crippen LogP contribution in [0.15, 0.2) is 11.8 Å². The minimum absolute atomic E-state index is 0.0388. The van der Waals surface area contributed by atoms with Crippen molar-refractivity contribution in [2.75, 3.05) is 0 Å². The molecule has 13 heavy (non-hydrogen) atoms. The number of hydrogen-bond acceptors (Lipinski definition) is 2. The molecule has 0 N–H and O–H groups in total. The van der Waals surface area contributed by atoms with Crippen molar-refractivity contribution in [1.29, 1.82) is 0 Å². The summed E-state index contributed by atoms with van der Waals surface area (Å²) < 4.78 is 4.95. The van der Waals surface area contributed by atoms with Crippen LogP contribution in [-0.4, -0.2) is 5.97 Å². The maximum atomic E-state index is 11.2. The molecule has 0 aliphatic carbocycles. The zero-order chi connectivity index (χ0) is 9.68. The number of ether oxygens (including phenoxy) is 1. The van der Waals surface area contributed by atoms with Crippen LogP contribution in [-0.2, 0) is 9.53 Å². The van der Waals surface area contributed by atoms with E-state index in [1.807, 2.05) is 13.0 Å². The standard InChI is InChI=1S/C11H18O2/c1-3-4-5-6-7-10-8-9(2)13-11(10)12/h8,10H,3-7H2,1-2H3/t10-/m1/s1. The predicted molar refractivity (Wildman–Crippen MR) is 52.1 cm³/mol. The van der Waals surface area contributed by atoms with Crippen LogP contribution in [0.2, 0.25) is 0 Å². The second kappa shape index (κ2) is 5.05. The number of esters is 1. The molecule has 0 spiro atoms. The lowest BCUT2D eigenvalue weighted by Crippen LogP contribution is -2.07. The van der Waals surface area contributed by atoms with Gasteiger partial charge in [0.15, 0.2) is 0 Å². The quantitative estimate of drug-likeness (QED) is 0.482. The Kier molecular flexibility index (Phi) is 4.00. The number of rotatable bonds is 5. The third-order valence-corrected chi connectivity index (χ3v) is 2.37. The average Bonchev–Trinajstić information content (AvgIpc) is 2.39. The monoisotopic (exact) mass is 182 g/mol. The minimum atomic E-state index is -0.0611. The Hall–Kier alpha value is -0.790. The summed E-state index contributed by atoms with van der Waals surface area (Å²) >= 11 is 0. The molecule has 0 saturated carbocycles. The largest absolute Gasteiger partial charge is 0.431 e. The van der Waals surface area contributed by atoms with Gasteiger partial charge >= 0.3 is 5.97 Å². The first kappa shape index (κ1) is 10.3. The van der Waals surface area contributed by atoms with E-state index < -0.39 is 0 Å². The van der Waals surface area contributed by atoms with Gasteiger partial charge in [-0.05, 0) is 19.4 Å². The zero-order valence-corrected chi connectivity index (χ0v) is 8.51. The first-order chi connectivity index (χ1) is 6.24. The third-order valence-electron chi connectivity index (χ3n) is 2.37. The first-order valence-electron chi connectivity index (χ1n) is 5.14. The number of allylic oxidation sites excluding steroid dienone is 1. The molecule has 0 aromatic heterocycles. The third kappa shape index (κ3) is 3.21. The van der Waals surface area contributed by atoms with Gasteiger partial charge in [0.2, 0.25) is 0 Å². The molecular formula is C11H18O2. The van der Waals surface area contributed by atoms with Crippen molar-refractivity contribution in [2.45, 2.75) is 46.0 Å². The molecule has 0 aromatic carbocycles. The highest BCUT2D eigenvalue weighted by molar-refractivity contribution is 5.78. The summed E-state index contributed by atoms with van der Waals surface area (Å²) in [6, 6.07) is 0. The van der Waals surface area contributed by atoms with E-state index >= 15 is 0 Å². The fraction of sp³-hybridized carbons (Fsp3) is 0.727. The van der Waals surface area contributed by atoms with Gasteiger partial charge < -0.3 is 4.74 Å². The predicted octanol–water partition coefficient (Wildman–Crippen LogP) is 3.03. The lowest BCUT2D eigenvalue weighted by molar-refractivity contribution is -0.140. The van der Waals surface area contributed by atoms with Crippen LogP contribution in [0.1, 0.15) is 46.0 Å². The van der Waals surface area contributed by atoms with Crippen LogP contribution < -0.4 is 0 Å². The summed E-state index contributed by atoms with van der Waals surface area (Å²) in [5.74, 6) is 0.747. The summed E-state index contributed by atoms with van der Waals surface area (Å²) in [6.07, 6.45) is 7.77. The van der Waals surface area contributed by atoms with Crippen LogP contribution in [0.5, 0.6) is 0 Å². The number of hydrogen-bond donors (Lipinski definition) is 0. The van der Waals surface area contributed by atoms with Crippen LogP contribution in [0.4, 0.5) is 0 Å². The summed E-state index contributed by atoms with van der Waals surface area (Å²) in [4.78, 5) is 11.2. The molecule has 0 bridgehead atoms. The van der Waals surface area contributed by atoms with Gasteiger partial charge in [-0.15, -0.1) is 0 Å². The van der Waals surface area contributed by atoms with E-state index in [1.54, 1.807) is 0 Å². The zero-order valence-electron chi connectivity index (χ0n) is 8.51. The number of carbonyl (C=O) groups excluding carboxylic acids is 1. The SMILES string of the molecule is CCCCCC[C@@H]1C=C(C)OC1=O. The van der Waals surface area contributed by atoms with E-state index in [9.17, 15) is 4.79 Å². The van der Waals surface area contributed by atoms with Gasteiger partial charge in [0.05, 0.1) is 5.92 Å².